The van der Waals surface area contributed by atoms with Crippen molar-refractivity contribution in [3.63, 3.8) is 0 Å². The number of aryl methyl sites for hydroxylation is 1. The first-order chi connectivity index (χ1) is 15.5. The lowest BCUT2D eigenvalue weighted by molar-refractivity contribution is -0.119. The number of nitrogens with zero attached hydrogens (tertiary/aromatic N) is 4. The van der Waals surface area contributed by atoms with E-state index in [4.69, 9.17) is 9.72 Å². The molecule has 9 nitrogen and oxygen atoms in total. The van der Waals surface area contributed by atoms with Crippen LogP contribution in [0.2, 0.25) is 0 Å². The van der Waals surface area contributed by atoms with E-state index in [1.165, 1.54) is 18.4 Å². The number of aromatic nitrogens is 4. The molecule has 0 aliphatic rings. The number of anilines is 1. The molecule has 32 heavy (non-hydrogen) atoms. The minimum absolute atomic E-state index is 0.0921. The summed E-state index contributed by atoms with van der Waals surface area (Å²) in [6, 6.07) is 6.84. The predicted octanol–water partition coefficient (Wildman–Crippen LogP) is 3.17. The molecular formula is C22H22N6O3S. The quantitative estimate of drug-likeness (QED) is 0.447. The monoisotopic (exact) mass is 450 g/mol. The first-order valence-electron chi connectivity index (χ1n) is 9.88. The number of imidazole rings is 1. The van der Waals surface area contributed by atoms with E-state index in [0.29, 0.717) is 28.1 Å². The van der Waals surface area contributed by atoms with Gasteiger partial charge in [0.25, 0.3) is 5.91 Å². The van der Waals surface area contributed by atoms with Crippen molar-refractivity contribution in [2.75, 3.05) is 19.0 Å². The minimum atomic E-state index is -0.320. The molecule has 0 bridgehead atoms. The van der Waals surface area contributed by atoms with Gasteiger partial charge in [0, 0.05) is 49.4 Å². The molecule has 1 aromatic carbocycles. The molecule has 2 amide bonds. The van der Waals surface area contributed by atoms with Crippen molar-refractivity contribution >= 4 is 39.9 Å². The van der Waals surface area contributed by atoms with Crippen LogP contribution in [0.4, 0.5) is 5.69 Å². The number of nitrogens with one attached hydrogen (secondary N) is 2. The number of fused-ring (bicyclic) bond motifs is 1. The Morgan fingerprint density at radius 2 is 2.00 bits per heavy atom. The predicted molar refractivity (Wildman–Crippen MR) is 122 cm³/mol. The van der Waals surface area contributed by atoms with Gasteiger partial charge in [-0.25, -0.2) is 9.97 Å². The third-order valence-electron chi connectivity index (χ3n) is 4.88. The van der Waals surface area contributed by atoms with Crippen LogP contribution >= 0.6 is 11.3 Å². The van der Waals surface area contributed by atoms with Crippen LogP contribution in [0.15, 0.2) is 48.2 Å². The second kappa shape index (κ2) is 9.25. The van der Waals surface area contributed by atoms with Gasteiger partial charge < -0.3 is 19.9 Å². The number of ether oxygens (including phenoxy) is 1. The Bertz CT molecular complexity index is 1250. The van der Waals surface area contributed by atoms with E-state index in [-0.39, 0.29) is 24.5 Å². The Morgan fingerprint density at radius 1 is 1.22 bits per heavy atom. The van der Waals surface area contributed by atoms with Crippen LogP contribution in [-0.4, -0.2) is 45.1 Å². The molecule has 0 saturated carbocycles. The third-order valence-corrected chi connectivity index (χ3v) is 5.84. The number of carbonyl (C=O) groups is 2. The number of hydrogen-bond donors (Lipinski definition) is 2. The maximum absolute atomic E-state index is 13.3. The number of methoxy groups -OCH3 is 1. The summed E-state index contributed by atoms with van der Waals surface area (Å²) in [5.41, 5.74) is 2.97. The number of hydrogen-bond acceptors (Lipinski definition) is 7. The van der Waals surface area contributed by atoms with Gasteiger partial charge in [-0.2, -0.15) is 0 Å². The molecule has 4 aromatic rings. The smallest absolute Gasteiger partial charge is 0.254 e. The SMILES string of the molecule is COCC(=O)Nc1cc(C(=O)N[C@H](C)c2nccs2)c2c(c1)nc(-c1ccncc1)n2C. The highest BCUT2D eigenvalue weighted by molar-refractivity contribution is 7.09. The van der Waals surface area contributed by atoms with Crippen LogP contribution in [0.1, 0.15) is 28.3 Å². The molecule has 0 fully saturated rings. The summed E-state index contributed by atoms with van der Waals surface area (Å²) in [5, 5.41) is 8.43. The van der Waals surface area contributed by atoms with Gasteiger partial charge in [-0.3, -0.25) is 14.6 Å². The van der Waals surface area contributed by atoms with Crippen molar-refractivity contribution in [1.82, 2.24) is 24.8 Å². The Balaban J connectivity index is 1.79. The lowest BCUT2D eigenvalue weighted by Crippen LogP contribution is -2.27. The molecule has 0 aliphatic carbocycles. The molecule has 0 aliphatic heterocycles. The van der Waals surface area contributed by atoms with Crippen molar-refractivity contribution < 1.29 is 14.3 Å². The van der Waals surface area contributed by atoms with E-state index < -0.39 is 0 Å². The van der Waals surface area contributed by atoms with E-state index >= 15 is 0 Å². The average molecular weight is 451 g/mol. The van der Waals surface area contributed by atoms with Crippen molar-refractivity contribution in [1.29, 1.82) is 0 Å². The van der Waals surface area contributed by atoms with Gasteiger partial charge in [0.2, 0.25) is 5.91 Å². The van der Waals surface area contributed by atoms with Gasteiger partial charge in [-0.1, -0.05) is 0 Å². The summed E-state index contributed by atoms with van der Waals surface area (Å²) in [6.45, 7) is 1.79. The van der Waals surface area contributed by atoms with E-state index in [9.17, 15) is 9.59 Å². The van der Waals surface area contributed by atoms with E-state index in [1.54, 1.807) is 30.7 Å². The second-order valence-corrected chi connectivity index (χ2v) is 8.09. The highest BCUT2D eigenvalue weighted by Crippen LogP contribution is 2.29. The normalized spacial score (nSPS) is 12.0. The third kappa shape index (κ3) is 4.36. The van der Waals surface area contributed by atoms with Gasteiger partial charge in [-0.05, 0) is 31.2 Å². The van der Waals surface area contributed by atoms with Gasteiger partial charge in [0.15, 0.2) is 0 Å². The molecular weight excluding hydrogens is 428 g/mol. The lowest BCUT2D eigenvalue weighted by Gasteiger charge is -2.14. The van der Waals surface area contributed by atoms with Gasteiger partial charge in [0.1, 0.15) is 17.4 Å². The summed E-state index contributed by atoms with van der Waals surface area (Å²) >= 11 is 1.47. The summed E-state index contributed by atoms with van der Waals surface area (Å²) < 4.78 is 6.76. The van der Waals surface area contributed by atoms with E-state index in [1.807, 2.05) is 36.1 Å². The maximum Gasteiger partial charge on any atom is 0.254 e. The van der Waals surface area contributed by atoms with Crippen LogP contribution < -0.4 is 10.6 Å². The van der Waals surface area contributed by atoms with Crippen LogP contribution in [0.5, 0.6) is 0 Å². The standard InChI is InChI=1S/C22H22N6O3S/c1-13(22-24-8-9-32-22)25-21(30)16-10-15(26-18(29)12-31-3)11-17-19(16)28(2)20(27-17)14-4-6-23-7-5-14/h4-11,13H,12H2,1-3H3,(H,25,30)(H,26,29)/t13-/m1/s1. The number of rotatable bonds is 7. The van der Waals surface area contributed by atoms with Crippen LogP contribution in [0.3, 0.4) is 0 Å². The topological polar surface area (TPSA) is 111 Å². The Hall–Kier alpha value is -3.63. The van der Waals surface area contributed by atoms with Crippen LogP contribution in [-0.2, 0) is 16.6 Å². The number of thiazole rings is 1. The van der Waals surface area contributed by atoms with Crippen LogP contribution in [0.25, 0.3) is 22.4 Å². The lowest BCUT2D eigenvalue weighted by atomic mass is 10.1. The minimum Gasteiger partial charge on any atom is -0.375 e. The number of carbonyl (C=O) groups excluding carboxylic acids is 2. The van der Waals surface area contributed by atoms with Crippen molar-refractivity contribution in [2.45, 2.75) is 13.0 Å². The molecule has 0 unspecified atom stereocenters. The largest absolute Gasteiger partial charge is 0.375 e. The first-order valence-corrected chi connectivity index (χ1v) is 10.8. The second-order valence-electron chi connectivity index (χ2n) is 7.17. The van der Waals surface area contributed by atoms with Gasteiger partial charge in [-0.15, -0.1) is 11.3 Å². The zero-order valence-electron chi connectivity index (χ0n) is 17.8. The molecule has 0 spiro atoms. The summed E-state index contributed by atoms with van der Waals surface area (Å²) in [6.07, 6.45) is 5.08. The first kappa shape index (κ1) is 21.6. The number of amides is 2. The zero-order valence-corrected chi connectivity index (χ0v) is 18.6. The average Bonchev–Trinajstić information content (AvgIpc) is 3.43. The van der Waals surface area contributed by atoms with Crippen molar-refractivity contribution in [3.8, 4) is 11.4 Å². The summed E-state index contributed by atoms with van der Waals surface area (Å²) in [4.78, 5) is 38.4. The van der Waals surface area contributed by atoms with Crippen molar-refractivity contribution in [3.05, 3.63) is 58.8 Å². The molecule has 0 radical (unpaired) electrons. The van der Waals surface area contributed by atoms with Crippen molar-refractivity contribution in [2.24, 2.45) is 7.05 Å². The number of pyridine rings is 1. The summed E-state index contributed by atoms with van der Waals surface area (Å²) in [5.74, 6) is 0.0780. The van der Waals surface area contributed by atoms with Gasteiger partial charge in [0.05, 0.1) is 22.6 Å². The molecule has 3 heterocycles. The van der Waals surface area contributed by atoms with E-state index in [2.05, 4.69) is 20.6 Å². The highest BCUT2D eigenvalue weighted by Gasteiger charge is 2.21. The van der Waals surface area contributed by atoms with Crippen LogP contribution in [0, 0.1) is 0 Å². The molecule has 1 atom stereocenters. The molecule has 2 N–H and O–H groups in total. The molecule has 164 valence electrons. The van der Waals surface area contributed by atoms with E-state index in [0.717, 1.165) is 10.6 Å². The summed E-state index contributed by atoms with van der Waals surface area (Å²) in [7, 11) is 3.30. The Morgan fingerprint density at radius 3 is 2.69 bits per heavy atom. The van der Waals surface area contributed by atoms with Gasteiger partial charge >= 0.3 is 0 Å². The molecule has 0 saturated heterocycles. The molecule has 3 aromatic heterocycles. The zero-order chi connectivity index (χ0) is 22.7. The Labute approximate surface area is 188 Å². The fourth-order valence-corrected chi connectivity index (χ4v) is 4.11. The highest BCUT2D eigenvalue weighted by atomic mass is 32.1. The Kier molecular flexibility index (Phi) is 6.24. The maximum atomic E-state index is 13.3. The fourth-order valence-electron chi connectivity index (χ4n) is 3.47. The fraction of sp³-hybridized carbons (Fsp3) is 0.227. The number of benzene rings is 1. The molecule has 4 rings (SSSR count). The molecule has 10 heteroatoms.